The molecule has 0 bridgehead atoms. The predicted molar refractivity (Wildman–Crippen MR) is 140 cm³/mol. The smallest absolute Gasteiger partial charge is 0.253 e. The number of likely N-dealkylation sites (tertiary alicyclic amines) is 1. The van der Waals surface area contributed by atoms with Crippen molar-refractivity contribution in [1.82, 2.24) is 30.0 Å². The first-order valence-corrected chi connectivity index (χ1v) is 12.1. The van der Waals surface area contributed by atoms with Crippen molar-refractivity contribution in [1.29, 1.82) is 0 Å². The van der Waals surface area contributed by atoms with Crippen molar-refractivity contribution in [2.45, 2.75) is 18.9 Å². The molecule has 0 unspecified atom stereocenters. The number of halogens is 1. The summed E-state index contributed by atoms with van der Waals surface area (Å²) in [5.41, 5.74) is 2.45. The topological polar surface area (TPSA) is 119 Å². The SMILES string of the molecule is CN(C)C/C=C/C(=O)Nc1ccc(C(=O)N2CCC(Nc3ncc(Cl)c(-c4cc[nH]n4)n3)CC2)cc1. The molecule has 3 N–H and O–H groups in total. The van der Waals surface area contributed by atoms with Crippen LogP contribution in [0.5, 0.6) is 0 Å². The maximum atomic E-state index is 13.0. The Kier molecular flexibility index (Phi) is 8.29. The number of anilines is 2. The van der Waals surface area contributed by atoms with Gasteiger partial charge < -0.3 is 20.4 Å². The fourth-order valence-corrected chi connectivity index (χ4v) is 4.04. The van der Waals surface area contributed by atoms with Gasteiger partial charge in [0.15, 0.2) is 0 Å². The third-order valence-electron chi connectivity index (χ3n) is 5.74. The third-order valence-corrected chi connectivity index (χ3v) is 6.02. The van der Waals surface area contributed by atoms with Crippen LogP contribution in [0, 0.1) is 0 Å². The van der Waals surface area contributed by atoms with E-state index >= 15 is 0 Å². The Labute approximate surface area is 214 Å². The highest BCUT2D eigenvalue weighted by molar-refractivity contribution is 6.32. The summed E-state index contributed by atoms with van der Waals surface area (Å²) in [7, 11) is 3.87. The van der Waals surface area contributed by atoms with Crippen LogP contribution in [0.15, 0.2) is 54.9 Å². The van der Waals surface area contributed by atoms with Crippen LogP contribution in [0.3, 0.4) is 0 Å². The number of likely N-dealkylation sites (N-methyl/N-ethyl adjacent to an activating group) is 1. The van der Waals surface area contributed by atoms with E-state index in [9.17, 15) is 9.59 Å². The Morgan fingerprint density at radius 3 is 2.61 bits per heavy atom. The van der Waals surface area contributed by atoms with Crippen LogP contribution < -0.4 is 10.6 Å². The van der Waals surface area contributed by atoms with E-state index in [1.165, 1.54) is 6.08 Å². The summed E-state index contributed by atoms with van der Waals surface area (Å²) in [5, 5.41) is 13.5. The van der Waals surface area contributed by atoms with Gasteiger partial charge >= 0.3 is 0 Å². The van der Waals surface area contributed by atoms with Crippen LogP contribution in [0.4, 0.5) is 11.6 Å². The first kappa shape index (κ1) is 25.3. The van der Waals surface area contributed by atoms with Crippen LogP contribution >= 0.6 is 11.6 Å². The zero-order valence-corrected chi connectivity index (χ0v) is 21.0. The number of aromatic nitrogens is 4. The Hall–Kier alpha value is -3.76. The molecule has 188 valence electrons. The van der Waals surface area contributed by atoms with E-state index in [2.05, 4.69) is 30.8 Å². The number of benzene rings is 1. The molecule has 4 rings (SSSR count). The van der Waals surface area contributed by atoms with Gasteiger partial charge in [-0.25, -0.2) is 9.97 Å². The van der Waals surface area contributed by atoms with Crippen LogP contribution in [-0.2, 0) is 4.79 Å². The van der Waals surface area contributed by atoms with E-state index in [-0.39, 0.29) is 17.9 Å². The van der Waals surface area contributed by atoms with Gasteiger partial charge in [0.05, 0.1) is 11.2 Å². The second-order valence-electron chi connectivity index (χ2n) is 8.79. The number of hydrogen-bond acceptors (Lipinski definition) is 7. The van der Waals surface area contributed by atoms with Crippen LogP contribution in [0.1, 0.15) is 23.2 Å². The van der Waals surface area contributed by atoms with Crippen molar-refractivity contribution in [2.75, 3.05) is 44.4 Å². The van der Waals surface area contributed by atoms with E-state index in [0.717, 1.165) is 12.8 Å². The standard InChI is InChI=1S/C25H29ClN8O2/c1-33(2)13-3-4-22(35)29-18-7-5-17(6-8-18)24(36)34-14-10-19(11-15-34)30-25-27-16-20(26)23(31-25)21-9-12-28-32-21/h3-9,12,16,19H,10-11,13-15H2,1-2H3,(H,28,32)(H,29,35)(H,27,30,31)/b4-3+. The lowest BCUT2D eigenvalue weighted by Gasteiger charge is -2.32. The molecule has 10 nitrogen and oxygen atoms in total. The summed E-state index contributed by atoms with van der Waals surface area (Å²) in [4.78, 5) is 37.6. The number of piperidine rings is 1. The van der Waals surface area contributed by atoms with Crippen molar-refractivity contribution in [3.63, 3.8) is 0 Å². The molecule has 36 heavy (non-hydrogen) atoms. The quantitative estimate of drug-likeness (QED) is 0.399. The highest BCUT2D eigenvalue weighted by Crippen LogP contribution is 2.25. The van der Waals surface area contributed by atoms with Gasteiger partial charge in [0, 0.05) is 49.2 Å². The van der Waals surface area contributed by atoms with Gasteiger partial charge in [-0.3, -0.25) is 14.7 Å². The number of aromatic amines is 1. The minimum Gasteiger partial charge on any atom is -0.351 e. The minimum absolute atomic E-state index is 0.0271. The van der Waals surface area contributed by atoms with Gasteiger partial charge in [0.2, 0.25) is 11.9 Å². The molecule has 1 aromatic carbocycles. The molecular weight excluding hydrogens is 480 g/mol. The van der Waals surface area contributed by atoms with E-state index in [1.54, 1.807) is 48.8 Å². The molecule has 1 fully saturated rings. The fraction of sp³-hybridized carbons (Fsp3) is 0.320. The molecule has 0 spiro atoms. The summed E-state index contributed by atoms with van der Waals surface area (Å²) in [6.07, 6.45) is 8.10. The Morgan fingerprint density at radius 1 is 1.19 bits per heavy atom. The first-order valence-electron chi connectivity index (χ1n) is 11.7. The molecule has 1 saturated heterocycles. The number of carbonyl (C=O) groups excluding carboxylic acids is 2. The highest BCUT2D eigenvalue weighted by atomic mass is 35.5. The Morgan fingerprint density at radius 2 is 1.94 bits per heavy atom. The molecule has 0 aliphatic carbocycles. The van der Waals surface area contributed by atoms with E-state index in [1.807, 2.05) is 23.9 Å². The van der Waals surface area contributed by atoms with E-state index < -0.39 is 0 Å². The highest BCUT2D eigenvalue weighted by Gasteiger charge is 2.24. The van der Waals surface area contributed by atoms with Crippen molar-refractivity contribution >= 4 is 35.1 Å². The van der Waals surface area contributed by atoms with Gasteiger partial charge in [-0.2, -0.15) is 5.10 Å². The number of nitrogens with zero attached hydrogens (tertiary/aromatic N) is 5. The summed E-state index contributed by atoms with van der Waals surface area (Å²) in [6, 6.07) is 8.91. The largest absolute Gasteiger partial charge is 0.351 e. The number of carbonyl (C=O) groups is 2. The summed E-state index contributed by atoms with van der Waals surface area (Å²) in [6.45, 7) is 1.92. The van der Waals surface area contributed by atoms with Crippen molar-refractivity contribution in [2.24, 2.45) is 0 Å². The van der Waals surface area contributed by atoms with Crippen LogP contribution in [0.25, 0.3) is 11.4 Å². The lowest BCUT2D eigenvalue weighted by molar-refractivity contribution is -0.111. The number of rotatable bonds is 8. The number of nitrogens with one attached hydrogen (secondary N) is 3. The molecule has 0 saturated carbocycles. The second kappa shape index (κ2) is 11.8. The molecule has 3 heterocycles. The fourth-order valence-electron chi connectivity index (χ4n) is 3.85. The average Bonchev–Trinajstić information content (AvgIpc) is 3.40. The zero-order chi connectivity index (χ0) is 25.5. The van der Waals surface area contributed by atoms with Crippen molar-refractivity contribution in [3.8, 4) is 11.4 Å². The van der Waals surface area contributed by atoms with Crippen molar-refractivity contribution < 1.29 is 9.59 Å². The third kappa shape index (κ3) is 6.67. The van der Waals surface area contributed by atoms with Crippen LogP contribution in [-0.4, -0.2) is 81.6 Å². The molecular formula is C25H29ClN8O2. The van der Waals surface area contributed by atoms with Gasteiger partial charge in [0.25, 0.3) is 5.91 Å². The van der Waals surface area contributed by atoms with Gasteiger partial charge in [-0.1, -0.05) is 17.7 Å². The molecule has 1 aliphatic heterocycles. The molecule has 2 aromatic heterocycles. The van der Waals surface area contributed by atoms with Gasteiger partial charge in [0.1, 0.15) is 11.4 Å². The maximum Gasteiger partial charge on any atom is 0.253 e. The van der Waals surface area contributed by atoms with Gasteiger partial charge in [-0.05, 0) is 57.3 Å². The molecule has 2 amide bonds. The maximum absolute atomic E-state index is 13.0. The molecule has 0 atom stereocenters. The first-order chi connectivity index (χ1) is 17.4. The molecule has 3 aromatic rings. The van der Waals surface area contributed by atoms with Crippen LogP contribution in [0.2, 0.25) is 5.02 Å². The summed E-state index contributed by atoms with van der Waals surface area (Å²) in [5.74, 6) is 0.254. The number of amides is 2. The van der Waals surface area contributed by atoms with Gasteiger partial charge in [-0.15, -0.1) is 0 Å². The Bertz CT molecular complexity index is 1200. The number of hydrogen-bond donors (Lipinski definition) is 3. The average molecular weight is 509 g/mol. The summed E-state index contributed by atoms with van der Waals surface area (Å²) >= 11 is 6.23. The normalized spacial score (nSPS) is 14.4. The lowest BCUT2D eigenvalue weighted by atomic mass is 10.0. The van der Waals surface area contributed by atoms with E-state index in [0.29, 0.717) is 53.2 Å². The van der Waals surface area contributed by atoms with Crippen molar-refractivity contribution in [3.05, 3.63) is 65.5 Å². The minimum atomic E-state index is -0.202. The summed E-state index contributed by atoms with van der Waals surface area (Å²) < 4.78 is 0. The second-order valence-corrected chi connectivity index (χ2v) is 9.20. The molecule has 1 aliphatic rings. The zero-order valence-electron chi connectivity index (χ0n) is 20.2. The number of H-pyrrole nitrogens is 1. The molecule has 11 heteroatoms. The lowest BCUT2D eigenvalue weighted by Crippen LogP contribution is -2.42. The van der Waals surface area contributed by atoms with E-state index in [4.69, 9.17) is 11.6 Å². The predicted octanol–water partition coefficient (Wildman–Crippen LogP) is 3.29. The molecule has 0 radical (unpaired) electrons. The monoisotopic (exact) mass is 508 g/mol. The Balaban J connectivity index is 1.28.